The number of anilines is 4. The largest absolute Gasteiger partial charge is 0.359 e. The topological polar surface area (TPSA) is 94.6 Å². The number of hydrogen-bond acceptors (Lipinski definition) is 5. The summed E-state index contributed by atoms with van der Waals surface area (Å²) in [6.07, 6.45) is 2.93. The van der Waals surface area contributed by atoms with Gasteiger partial charge in [-0.3, -0.25) is 14.4 Å². The van der Waals surface area contributed by atoms with Gasteiger partial charge >= 0.3 is 0 Å². The Bertz CT molecular complexity index is 1210. The molecule has 8 heteroatoms. The van der Waals surface area contributed by atoms with E-state index >= 15 is 0 Å². The third kappa shape index (κ3) is 4.27. The van der Waals surface area contributed by atoms with Gasteiger partial charge in [0.25, 0.3) is 5.91 Å². The number of aromatic nitrogens is 1. The molecular weight excluding hydrogens is 418 g/mol. The number of benzene rings is 2. The summed E-state index contributed by atoms with van der Waals surface area (Å²) in [6.45, 7) is 1.28. The van der Waals surface area contributed by atoms with Gasteiger partial charge in [0.15, 0.2) is 5.82 Å². The molecule has 3 aromatic rings. The van der Waals surface area contributed by atoms with Crippen LogP contribution in [0.1, 0.15) is 28.8 Å². The van der Waals surface area contributed by atoms with Gasteiger partial charge in [-0.05, 0) is 42.3 Å². The standard InChI is InChI=1S/C25H23N5O3/c31-22-7-4-12-29(22)20-10-8-19(9-11-20)28-25(33)18-13-21-24(26-14-18)27-15-23(32)30(21)16-17-5-2-1-3-6-17/h1-3,5-6,8-11,13-14H,4,7,12,15-16H2,(H,26,27)(H,28,33). The van der Waals surface area contributed by atoms with Crippen molar-refractivity contribution in [3.05, 3.63) is 78.0 Å². The Morgan fingerprint density at radius 1 is 1.03 bits per heavy atom. The van der Waals surface area contributed by atoms with E-state index in [-0.39, 0.29) is 24.3 Å². The van der Waals surface area contributed by atoms with E-state index in [9.17, 15) is 14.4 Å². The Morgan fingerprint density at radius 3 is 2.55 bits per heavy atom. The van der Waals surface area contributed by atoms with Crippen LogP contribution in [0.2, 0.25) is 0 Å². The molecule has 0 atom stereocenters. The van der Waals surface area contributed by atoms with Crippen LogP contribution in [0, 0.1) is 0 Å². The number of fused-ring (bicyclic) bond motifs is 1. The van der Waals surface area contributed by atoms with Gasteiger partial charge in [0.05, 0.1) is 24.3 Å². The zero-order chi connectivity index (χ0) is 22.8. The maximum absolute atomic E-state index is 12.9. The second-order valence-corrected chi connectivity index (χ2v) is 8.06. The molecule has 2 N–H and O–H groups in total. The summed E-state index contributed by atoms with van der Waals surface area (Å²) in [5.41, 5.74) is 3.36. The zero-order valence-electron chi connectivity index (χ0n) is 18.0. The van der Waals surface area contributed by atoms with Crippen molar-refractivity contribution in [2.45, 2.75) is 19.4 Å². The van der Waals surface area contributed by atoms with E-state index in [1.54, 1.807) is 28.0 Å². The van der Waals surface area contributed by atoms with E-state index in [1.165, 1.54) is 6.20 Å². The molecule has 2 aromatic carbocycles. The molecular formula is C25H23N5O3. The van der Waals surface area contributed by atoms with Crippen molar-refractivity contribution >= 4 is 40.6 Å². The highest BCUT2D eigenvalue weighted by Gasteiger charge is 2.26. The van der Waals surface area contributed by atoms with Gasteiger partial charge in [0.2, 0.25) is 11.8 Å². The normalized spacial score (nSPS) is 15.3. The monoisotopic (exact) mass is 441 g/mol. The fourth-order valence-corrected chi connectivity index (χ4v) is 4.10. The molecule has 0 unspecified atom stereocenters. The lowest BCUT2D eigenvalue weighted by atomic mass is 10.1. The highest BCUT2D eigenvalue weighted by atomic mass is 16.2. The molecule has 166 valence electrons. The summed E-state index contributed by atoms with van der Waals surface area (Å²) in [5, 5.41) is 5.88. The fraction of sp³-hybridized carbons (Fsp3) is 0.200. The Hall–Kier alpha value is -4.20. The maximum Gasteiger partial charge on any atom is 0.257 e. The number of nitrogens with zero attached hydrogens (tertiary/aromatic N) is 3. The molecule has 1 fully saturated rings. The first-order valence-corrected chi connectivity index (χ1v) is 10.9. The van der Waals surface area contributed by atoms with Crippen molar-refractivity contribution in [3.8, 4) is 0 Å². The van der Waals surface area contributed by atoms with Crippen molar-refractivity contribution in [2.75, 3.05) is 33.5 Å². The third-order valence-corrected chi connectivity index (χ3v) is 5.82. The molecule has 0 aliphatic carbocycles. The number of carbonyl (C=O) groups is 3. The Balaban J connectivity index is 1.34. The number of amides is 3. The van der Waals surface area contributed by atoms with Crippen LogP contribution < -0.4 is 20.4 Å². The fourth-order valence-electron chi connectivity index (χ4n) is 4.10. The van der Waals surface area contributed by atoms with Crippen LogP contribution >= 0.6 is 0 Å². The second-order valence-electron chi connectivity index (χ2n) is 8.06. The van der Waals surface area contributed by atoms with Crippen LogP contribution in [0.3, 0.4) is 0 Å². The summed E-state index contributed by atoms with van der Waals surface area (Å²) < 4.78 is 0. The minimum absolute atomic E-state index is 0.0854. The highest BCUT2D eigenvalue weighted by Crippen LogP contribution is 2.30. The van der Waals surface area contributed by atoms with Gasteiger partial charge in [-0.1, -0.05) is 30.3 Å². The average molecular weight is 441 g/mol. The number of rotatable bonds is 5. The molecule has 3 heterocycles. The Morgan fingerprint density at radius 2 is 1.82 bits per heavy atom. The molecule has 33 heavy (non-hydrogen) atoms. The van der Waals surface area contributed by atoms with E-state index in [4.69, 9.17) is 0 Å². The lowest BCUT2D eigenvalue weighted by Crippen LogP contribution is -2.40. The van der Waals surface area contributed by atoms with Crippen molar-refractivity contribution in [3.63, 3.8) is 0 Å². The molecule has 3 amide bonds. The number of carbonyl (C=O) groups excluding carboxylic acids is 3. The molecule has 1 saturated heterocycles. The lowest BCUT2D eigenvalue weighted by Gasteiger charge is -2.29. The predicted octanol–water partition coefficient (Wildman–Crippen LogP) is 3.42. The first kappa shape index (κ1) is 20.7. The number of pyridine rings is 1. The average Bonchev–Trinajstić information content (AvgIpc) is 3.27. The Labute approximate surface area is 191 Å². The molecule has 8 nitrogen and oxygen atoms in total. The van der Waals surface area contributed by atoms with Crippen LogP contribution in [-0.4, -0.2) is 35.8 Å². The maximum atomic E-state index is 12.9. The molecule has 2 aliphatic rings. The van der Waals surface area contributed by atoms with E-state index in [1.807, 2.05) is 42.5 Å². The van der Waals surface area contributed by atoms with E-state index in [0.717, 1.165) is 24.2 Å². The SMILES string of the molecule is O=C(Nc1ccc(N2CCCC2=O)cc1)c1cnc2c(c1)N(Cc1ccccc1)C(=O)CN2. The second kappa shape index (κ2) is 8.74. The molecule has 5 rings (SSSR count). The van der Waals surface area contributed by atoms with Crippen LogP contribution in [0.5, 0.6) is 0 Å². The third-order valence-electron chi connectivity index (χ3n) is 5.82. The number of hydrogen-bond donors (Lipinski definition) is 2. The predicted molar refractivity (Wildman–Crippen MR) is 126 cm³/mol. The van der Waals surface area contributed by atoms with E-state index in [2.05, 4.69) is 15.6 Å². The van der Waals surface area contributed by atoms with Crippen LogP contribution in [0.25, 0.3) is 0 Å². The quantitative estimate of drug-likeness (QED) is 0.633. The minimum atomic E-state index is -0.326. The Kier molecular flexibility index (Phi) is 5.48. The van der Waals surface area contributed by atoms with Crippen molar-refractivity contribution in [1.82, 2.24) is 4.98 Å². The molecule has 0 bridgehead atoms. The molecule has 0 spiro atoms. The molecule has 2 aliphatic heterocycles. The van der Waals surface area contributed by atoms with Gasteiger partial charge in [-0.2, -0.15) is 0 Å². The van der Waals surface area contributed by atoms with Gasteiger partial charge in [-0.15, -0.1) is 0 Å². The smallest absolute Gasteiger partial charge is 0.257 e. The van der Waals surface area contributed by atoms with Gasteiger partial charge in [-0.25, -0.2) is 4.98 Å². The molecule has 0 saturated carbocycles. The van der Waals surface area contributed by atoms with Crippen molar-refractivity contribution in [1.29, 1.82) is 0 Å². The van der Waals surface area contributed by atoms with Crippen LogP contribution in [0.15, 0.2) is 66.9 Å². The highest BCUT2D eigenvalue weighted by molar-refractivity contribution is 6.07. The lowest BCUT2D eigenvalue weighted by molar-refractivity contribution is -0.118. The summed E-state index contributed by atoms with van der Waals surface area (Å²) in [4.78, 5) is 45.2. The summed E-state index contributed by atoms with van der Waals surface area (Å²) in [7, 11) is 0. The van der Waals surface area contributed by atoms with E-state index in [0.29, 0.717) is 35.7 Å². The first-order chi connectivity index (χ1) is 16.1. The zero-order valence-corrected chi connectivity index (χ0v) is 18.0. The number of nitrogens with one attached hydrogen (secondary N) is 2. The summed E-state index contributed by atoms with van der Waals surface area (Å²) >= 11 is 0. The van der Waals surface area contributed by atoms with Crippen molar-refractivity contribution in [2.24, 2.45) is 0 Å². The van der Waals surface area contributed by atoms with E-state index < -0.39 is 0 Å². The van der Waals surface area contributed by atoms with Crippen molar-refractivity contribution < 1.29 is 14.4 Å². The van der Waals surface area contributed by atoms with Gasteiger partial charge < -0.3 is 20.4 Å². The van der Waals surface area contributed by atoms with Crippen LogP contribution in [0.4, 0.5) is 22.9 Å². The minimum Gasteiger partial charge on any atom is -0.359 e. The molecule has 1 aromatic heterocycles. The molecule has 0 radical (unpaired) electrons. The first-order valence-electron chi connectivity index (χ1n) is 10.9. The summed E-state index contributed by atoms with van der Waals surface area (Å²) in [5.74, 6) is 0.280. The van der Waals surface area contributed by atoms with Gasteiger partial charge in [0, 0.05) is 30.5 Å². The van der Waals surface area contributed by atoms with Gasteiger partial charge in [0.1, 0.15) is 0 Å². The summed E-state index contributed by atoms with van der Waals surface area (Å²) in [6, 6.07) is 18.6. The van der Waals surface area contributed by atoms with Crippen LogP contribution in [-0.2, 0) is 16.1 Å².